The van der Waals surface area contributed by atoms with Gasteiger partial charge in [0.05, 0.1) is 12.1 Å². The second-order valence-electron chi connectivity index (χ2n) is 9.91. The maximum absolute atomic E-state index is 12.9. The van der Waals surface area contributed by atoms with E-state index in [9.17, 15) is 22.8 Å². The molecule has 1 aromatic carbocycles. The van der Waals surface area contributed by atoms with Crippen molar-refractivity contribution < 1.29 is 22.8 Å². The first-order chi connectivity index (χ1) is 17.3. The van der Waals surface area contributed by atoms with E-state index in [1.165, 1.54) is 12.1 Å². The monoisotopic (exact) mass is 501 g/mol. The fraction of sp³-hybridized carbons (Fsp3) is 0.538. The van der Waals surface area contributed by atoms with Gasteiger partial charge in [-0.3, -0.25) is 14.5 Å². The summed E-state index contributed by atoms with van der Waals surface area (Å²) in [6, 6.07) is 7.01. The molecule has 2 aromatic rings. The molecule has 7 nitrogen and oxygen atoms in total. The average Bonchev–Trinajstić information content (AvgIpc) is 3.50. The van der Waals surface area contributed by atoms with Crippen molar-refractivity contribution in [2.45, 2.75) is 68.7 Å². The molecule has 36 heavy (non-hydrogen) atoms. The van der Waals surface area contributed by atoms with Crippen LogP contribution in [-0.2, 0) is 11.0 Å². The number of hydrogen-bond donors (Lipinski definition) is 1. The molecule has 2 atom stereocenters. The Morgan fingerprint density at radius 1 is 0.944 bits per heavy atom. The van der Waals surface area contributed by atoms with Gasteiger partial charge in [-0.25, -0.2) is 9.97 Å². The summed E-state index contributed by atoms with van der Waals surface area (Å²) < 4.78 is 38.8. The molecule has 2 unspecified atom stereocenters. The number of rotatable bonds is 5. The SMILES string of the molecule is O=C(NCC(=O)N1CCC2C1CCN2[C@H]1CC[C@H](c2ncccn2)CC1)c1cccc(C(F)(F)F)c1. The summed E-state index contributed by atoms with van der Waals surface area (Å²) in [6.07, 6.45) is 5.18. The standard InChI is InChI=1S/C26H30F3N5O2/c27-26(28,29)19-4-1-3-18(15-19)25(36)32-16-23(35)34-14-10-21-22(34)9-13-33(21)20-7-5-17(6-8-20)24-30-11-2-12-31-24/h1-4,11-12,15,17,20-22H,5-10,13-14,16H2,(H,32,36)/t17-,20-,21?,22?. The number of amides is 2. The van der Waals surface area contributed by atoms with Crippen LogP contribution < -0.4 is 5.32 Å². The van der Waals surface area contributed by atoms with Crippen LogP contribution in [0.4, 0.5) is 13.2 Å². The molecule has 0 spiro atoms. The lowest BCUT2D eigenvalue weighted by molar-refractivity contribution is -0.137. The number of nitrogens with zero attached hydrogens (tertiary/aromatic N) is 4. The number of fused-ring (bicyclic) bond motifs is 1. The first-order valence-corrected chi connectivity index (χ1v) is 12.6. The Bertz CT molecular complexity index is 1090. The van der Waals surface area contributed by atoms with Gasteiger partial charge in [0.1, 0.15) is 5.82 Å². The van der Waals surface area contributed by atoms with Crippen LogP contribution in [0.3, 0.4) is 0 Å². The number of benzene rings is 1. The lowest BCUT2D eigenvalue weighted by Gasteiger charge is -2.37. The average molecular weight is 502 g/mol. The molecule has 192 valence electrons. The zero-order valence-electron chi connectivity index (χ0n) is 20.0. The summed E-state index contributed by atoms with van der Waals surface area (Å²) in [4.78, 5) is 38.6. The largest absolute Gasteiger partial charge is 0.416 e. The van der Waals surface area contributed by atoms with Crippen LogP contribution >= 0.6 is 0 Å². The van der Waals surface area contributed by atoms with Crippen molar-refractivity contribution in [1.29, 1.82) is 0 Å². The Hall–Kier alpha value is -3.01. The van der Waals surface area contributed by atoms with Gasteiger partial charge in [-0.15, -0.1) is 0 Å². The second kappa shape index (κ2) is 10.2. The number of carbonyl (C=O) groups is 2. The van der Waals surface area contributed by atoms with Gasteiger partial charge in [0.25, 0.3) is 5.91 Å². The van der Waals surface area contributed by atoms with Crippen molar-refractivity contribution in [2.75, 3.05) is 19.6 Å². The third-order valence-corrected chi connectivity index (χ3v) is 7.91. The normalized spacial score (nSPS) is 26.6. The van der Waals surface area contributed by atoms with Crippen LogP contribution in [0.15, 0.2) is 42.7 Å². The summed E-state index contributed by atoms with van der Waals surface area (Å²) >= 11 is 0. The summed E-state index contributed by atoms with van der Waals surface area (Å²) in [5.41, 5.74) is -0.999. The molecule has 2 amide bonds. The van der Waals surface area contributed by atoms with Crippen LogP contribution in [0.5, 0.6) is 0 Å². The van der Waals surface area contributed by atoms with Crippen molar-refractivity contribution in [2.24, 2.45) is 0 Å². The maximum Gasteiger partial charge on any atom is 0.416 e. The zero-order chi connectivity index (χ0) is 25.3. The molecule has 1 N–H and O–H groups in total. The Morgan fingerprint density at radius 2 is 1.67 bits per heavy atom. The molecule has 0 bridgehead atoms. The topological polar surface area (TPSA) is 78.4 Å². The number of carbonyl (C=O) groups excluding carboxylic acids is 2. The van der Waals surface area contributed by atoms with Crippen molar-refractivity contribution in [3.63, 3.8) is 0 Å². The second-order valence-corrected chi connectivity index (χ2v) is 9.91. The molecule has 1 aliphatic carbocycles. The van der Waals surface area contributed by atoms with Crippen LogP contribution in [0.1, 0.15) is 66.2 Å². The lowest BCUT2D eigenvalue weighted by Crippen LogP contribution is -2.46. The van der Waals surface area contributed by atoms with Crippen LogP contribution in [-0.4, -0.2) is 69.3 Å². The van der Waals surface area contributed by atoms with Crippen molar-refractivity contribution in [3.8, 4) is 0 Å². The van der Waals surface area contributed by atoms with E-state index in [4.69, 9.17) is 0 Å². The highest BCUT2D eigenvalue weighted by molar-refractivity contribution is 5.96. The predicted molar refractivity (Wildman–Crippen MR) is 126 cm³/mol. The van der Waals surface area contributed by atoms with Crippen LogP contribution in [0.2, 0.25) is 0 Å². The Kier molecular flexibility index (Phi) is 6.96. The fourth-order valence-corrected chi connectivity index (χ4v) is 6.17. The third-order valence-electron chi connectivity index (χ3n) is 7.91. The molecule has 1 saturated carbocycles. The van der Waals surface area contributed by atoms with E-state index < -0.39 is 17.6 Å². The highest BCUT2D eigenvalue weighted by Gasteiger charge is 2.46. The highest BCUT2D eigenvalue weighted by Crippen LogP contribution is 2.39. The number of hydrogen-bond acceptors (Lipinski definition) is 5. The van der Waals surface area contributed by atoms with E-state index in [1.807, 2.05) is 11.0 Å². The minimum atomic E-state index is -4.53. The molecule has 0 radical (unpaired) electrons. The third kappa shape index (κ3) is 5.09. The summed E-state index contributed by atoms with van der Waals surface area (Å²) in [5.74, 6) is 0.468. The van der Waals surface area contributed by atoms with Gasteiger partial charge in [0.2, 0.25) is 5.91 Å². The van der Waals surface area contributed by atoms with Gasteiger partial charge in [-0.05, 0) is 62.8 Å². The van der Waals surface area contributed by atoms with Crippen LogP contribution in [0.25, 0.3) is 0 Å². The van der Waals surface area contributed by atoms with E-state index in [0.29, 0.717) is 24.5 Å². The minimum absolute atomic E-state index is 0.111. The van der Waals surface area contributed by atoms with E-state index in [0.717, 1.165) is 63.0 Å². The van der Waals surface area contributed by atoms with Crippen molar-refractivity contribution in [1.82, 2.24) is 25.1 Å². The van der Waals surface area contributed by atoms with E-state index >= 15 is 0 Å². The lowest BCUT2D eigenvalue weighted by atomic mass is 9.84. The van der Waals surface area contributed by atoms with Gasteiger partial charge >= 0.3 is 6.18 Å². The summed E-state index contributed by atoms with van der Waals surface area (Å²) in [7, 11) is 0. The predicted octanol–water partition coefficient (Wildman–Crippen LogP) is 3.63. The first-order valence-electron chi connectivity index (χ1n) is 12.6. The van der Waals surface area contributed by atoms with E-state index in [-0.39, 0.29) is 24.1 Å². The smallest absolute Gasteiger partial charge is 0.343 e. The van der Waals surface area contributed by atoms with Gasteiger partial charge in [0, 0.05) is 55.1 Å². The minimum Gasteiger partial charge on any atom is -0.343 e. The number of alkyl halides is 3. The van der Waals surface area contributed by atoms with Gasteiger partial charge in [0.15, 0.2) is 0 Å². The van der Waals surface area contributed by atoms with Crippen molar-refractivity contribution >= 4 is 11.8 Å². The van der Waals surface area contributed by atoms with E-state index in [2.05, 4.69) is 20.2 Å². The Balaban J connectivity index is 1.13. The molecule has 3 fully saturated rings. The van der Waals surface area contributed by atoms with Gasteiger partial charge in [-0.1, -0.05) is 6.07 Å². The van der Waals surface area contributed by atoms with Gasteiger partial charge in [-0.2, -0.15) is 13.2 Å². The summed E-state index contributed by atoms with van der Waals surface area (Å²) in [6.45, 7) is 1.37. The highest BCUT2D eigenvalue weighted by atomic mass is 19.4. The zero-order valence-corrected chi connectivity index (χ0v) is 20.0. The molecular formula is C26H30F3N5O2. The molecule has 2 aliphatic heterocycles. The van der Waals surface area contributed by atoms with Gasteiger partial charge < -0.3 is 10.2 Å². The summed E-state index contributed by atoms with van der Waals surface area (Å²) in [5, 5.41) is 2.51. The number of nitrogens with one attached hydrogen (secondary N) is 1. The molecule has 3 heterocycles. The number of likely N-dealkylation sites (tertiary alicyclic amines) is 2. The van der Waals surface area contributed by atoms with Crippen molar-refractivity contribution in [3.05, 3.63) is 59.7 Å². The molecular weight excluding hydrogens is 471 g/mol. The Morgan fingerprint density at radius 3 is 2.39 bits per heavy atom. The molecule has 10 heteroatoms. The Labute approximate surface area is 208 Å². The fourth-order valence-electron chi connectivity index (χ4n) is 6.17. The molecule has 1 aromatic heterocycles. The van der Waals surface area contributed by atoms with Crippen LogP contribution in [0, 0.1) is 0 Å². The van der Waals surface area contributed by atoms with E-state index in [1.54, 1.807) is 12.4 Å². The number of aromatic nitrogens is 2. The molecule has 5 rings (SSSR count). The quantitative estimate of drug-likeness (QED) is 0.677. The first kappa shape index (κ1) is 24.7. The molecule has 2 saturated heterocycles. The number of halogens is 3. The molecule has 3 aliphatic rings. The maximum atomic E-state index is 12.9.